The smallest absolute Gasteiger partial charge is 0.333 e. The maximum absolute atomic E-state index is 11.1. The zero-order valence-corrected chi connectivity index (χ0v) is 9.75. The molecule has 0 heterocycles. The van der Waals surface area contributed by atoms with Gasteiger partial charge in [-0.2, -0.15) is 0 Å². The summed E-state index contributed by atoms with van der Waals surface area (Å²) in [5, 5.41) is 8.29. The molecule has 1 N–H and O–H groups in total. The number of carboxylic acids is 1. The fourth-order valence-corrected chi connectivity index (χ4v) is 1.91. The Morgan fingerprint density at radius 2 is 1.94 bits per heavy atom. The molecule has 0 aromatic heterocycles. The highest BCUT2D eigenvalue weighted by Gasteiger charge is 2.15. The van der Waals surface area contributed by atoms with Crippen LogP contribution in [0.5, 0.6) is 0 Å². The summed E-state index contributed by atoms with van der Waals surface area (Å²) in [5.74, 6) is -3.20. The normalized spacial score (nSPS) is 10.8. The fraction of sp³-hybridized carbons (Fsp3) is 0.556. The van der Waals surface area contributed by atoms with Gasteiger partial charge in [0.25, 0.3) is 0 Å². The number of carboxylic acid groups (broad SMARTS) is 1. The van der Waals surface area contributed by atoms with Crippen LogP contribution in [0.3, 0.4) is 0 Å². The van der Waals surface area contributed by atoms with Crippen LogP contribution < -0.4 is 0 Å². The summed E-state index contributed by atoms with van der Waals surface area (Å²) in [4.78, 5) is 21.0. The SMILES string of the molecule is C=C(C)C(=O)OCCCS(=O)(=O)CC(=O)O. The number of carbonyl (C=O) groups excluding carboxylic acids is 1. The van der Waals surface area contributed by atoms with Crippen molar-refractivity contribution in [2.24, 2.45) is 0 Å². The lowest BCUT2D eigenvalue weighted by molar-refractivity contribution is -0.139. The average molecular weight is 250 g/mol. The third-order valence-corrected chi connectivity index (χ3v) is 3.12. The zero-order valence-electron chi connectivity index (χ0n) is 8.93. The molecule has 0 amide bonds. The van der Waals surface area contributed by atoms with E-state index in [1.54, 1.807) is 0 Å². The molecule has 0 aliphatic carbocycles. The maximum Gasteiger partial charge on any atom is 0.333 e. The van der Waals surface area contributed by atoms with Crippen molar-refractivity contribution >= 4 is 21.8 Å². The molecule has 0 aliphatic heterocycles. The first-order chi connectivity index (χ1) is 7.24. The summed E-state index contributed by atoms with van der Waals surface area (Å²) >= 11 is 0. The van der Waals surface area contributed by atoms with Crippen LogP contribution >= 0.6 is 0 Å². The number of aliphatic carboxylic acids is 1. The van der Waals surface area contributed by atoms with Gasteiger partial charge in [-0.15, -0.1) is 0 Å². The molecule has 0 aromatic rings. The zero-order chi connectivity index (χ0) is 12.8. The van der Waals surface area contributed by atoms with Crippen LogP contribution in [0.4, 0.5) is 0 Å². The summed E-state index contributed by atoms with van der Waals surface area (Å²) < 4.78 is 26.8. The van der Waals surface area contributed by atoms with Crippen molar-refractivity contribution in [1.29, 1.82) is 0 Å². The summed E-state index contributed by atoms with van der Waals surface area (Å²) in [6, 6.07) is 0. The predicted octanol–water partition coefficient (Wildman–Crippen LogP) is -0.00480. The van der Waals surface area contributed by atoms with Gasteiger partial charge in [-0.05, 0) is 13.3 Å². The molecule has 0 unspecified atom stereocenters. The van der Waals surface area contributed by atoms with Crippen molar-refractivity contribution in [1.82, 2.24) is 0 Å². The molecule has 0 rings (SSSR count). The Morgan fingerprint density at radius 1 is 1.38 bits per heavy atom. The van der Waals surface area contributed by atoms with Gasteiger partial charge in [0, 0.05) is 5.57 Å². The van der Waals surface area contributed by atoms with E-state index >= 15 is 0 Å². The second-order valence-corrected chi connectivity index (χ2v) is 5.44. The molecule has 6 nitrogen and oxygen atoms in total. The van der Waals surface area contributed by atoms with Crippen molar-refractivity contribution in [3.05, 3.63) is 12.2 Å². The van der Waals surface area contributed by atoms with Crippen LogP contribution in [-0.4, -0.2) is 43.6 Å². The van der Waals surface area contributed by atoms with Crippen LogP contribution in [0.2, 0.25) is 0 Å². The van der Waals surface area contributed by atoms with E-state index in [2.05, 4.69) is 11.3 Å². The molecule has 0 saturated carbocycles. The Morgan fingerprint density at radius 3 is 2.38 bits per heavy atom. The van der Waals surface area contributed by atoms with Gasteiger partial charge in [-0.3, -0.25) is 4.79 Å². The van der Waals surface area contributed by atoms with E-state index in [0.717, 1.165) is 0 Å². The van der Waals surface area contributed by atoms with Gasteiger partial charge >= 0.3 is 11.9 Å². The summed E-state index contributed by atoms with van der Waals surface area (Å²) in [6.07, 6.45) is 0.0780. The Kier molecular flexibility index (Phi) is 5.73. The molecule has 0 radical (unpaired) electrons. The van der Waals surface area contributed by atoms with Crippen LogP contribution in [0.25, 0.3) is 0 Å². The van der Waals surface area contributed by atoms with Gasteiger partial charge in [-0.25, -0.2) is 13.2 Å². The molecule has 16 heavy (non-hydrogen) atoms. The Bertz CT molecular complexity index is 381. The van der Waals surface area contributed by atoms with Crippen LogP contribution in [0, 0.1) is 0 Å². The van der Waals surface area contributed by atoms with Crippen molar-refractivity contribution in [3.8, 4) is 0 Å². The van der Waals surface area contributed by atoms with Crippen LogP contribution in [0.15, 0.2) is 12.2 Å². The lowest BCUT2D eigenvalue weighted by Gasteiger charge is -2.04. The number of esters is 1. The highest BCUT2D eigenvalue weighted by atomic mass is 32.2. The molecule has 0 saturated heterocycles. The first-order valence-corrected chi connectivity index (χ1v) is 6.31. The van der Waals surface area contributed by atoms with Gasteiger partial charge in [0.1, 0.15) is 5.75 Å². The molecule has 7 heteroatoms. The maximum atomic E-state index is 11.1. The van der Waals surface area contributed by atoms with Crippen LogP contribution in [0.1, 0.15) is 13.3 Å². The molecule has 0 fully saturated rings. The van der Waals surface area contributed by atoms with E-state index in [0.29, 0.717) is 0 Å². The molecular weight excluding hydrogens is 236 g/mol. The van der Waals surface area contributed by atoms with Gasteiger partial charge in [0.05, 0.1) is 12.4 Å². The number of hydrogen-bond acceptors (Lipinski definition) is 5. The summed E-state index contributed by atoms with van der Waals surface area (Å²) in [7, 11) is -3.61. The van der Waals surface area contributed by atoms with E-state index < -0.39 is 27.5 Å². The van der Waals surface area contributed by atoms with E-state index in [-0.39, 0.29) is 24.4 Å². The minimum Gasteiger partial charge on any atom is -0.480 e. The van der Waals surface area contributed by atoms with Crippen molar-refractivity contribution < 1.29 is 27.9 Å². The third kappa shape index (κ3) is 6.99. The lowest BCUT2D eigenvalue weighted by atomic mass is 10.4. The third-order valence-electron chi connectivity index (χ3n) is 1.52. The first-order valence-electron chi connectivity index (χ1n) is 4.49. The number of hydrogen-bond donors (Lipinski definition) is 1. The van der Waals surface area contributed by atoms with E-state index in [9.17, 15) is 18.0 Å². The molecule has 0 aromatic carbocycles. The number of rotatable bonds is 7. The monoisotopic (exact) mass is 250 g/mol. The standard InChI is InChI=1S/C9H14O6S/c1-7(2)9(12)15-4-3-5-16(13,14)6-8(10)11/h1,3-6H2,2H3,(H,10,11). The second-order valence-electron chi connectivity index (χ2n) is 3.26. The molecule has 0 aliphatic rings. The Hall–Kier alpha value is -1.37. The van der Waals surface area contributed by atoms with Crippen molar-refractivity contribution in [2.45, 2.75) is 13.3 Å². The molecule has 0 bridgehead atoms. The van der Waals surface area contributed by atoms with Crippen molar-refractivity contribution in [3.63, 3.8) is 0 Å². The highest BCUT2D eigenvalue weighted by Crippen LogP contribution is 1.97. The van der Waals surface area contributed by atoms with Gasteiger partial charge in [0.15, 0.2) is 9.84 Å². The van der Waals surface area contributed by atoms with Crippen LogP contribution in [-0.2, 0) is 24.2 Å². The number of ether oxygens (including phenoxy) is 1. The highest BCUT2D eigenvalue weighted by molar-refractivity contribution is 7.92. The summed E-state index contributed by atoms with van der Waals surface area (Å²) in [6.45, 7) is 4.76. The van der Waals surface area contributed by atoms with Gasteiger partial charge < -0.3 is 9.84 Å². The second kappa shape index (κ2) is 6.26. The minimum atomic E-state index is -3.61. The van der Waals surface area contributed by atoms with E-state index in [4.69, 9.17) is 5.11 Å². The average Bonchev–Trinajstić information content (AvgIpc) is 2.09. The molecule has 0 spiro atoms. The molecular formula is C9H14O6S. The minimum absolute atomic E-state index is 0.0649. The van der Waals surface area contributed by atoms with E-state index in [1.807, 2.05) is 0 Å². The fourth-order valence-electron chi connectivity index (χ4n) is 0.827. The predicted molar refractivity (Wildman–Crippen MR) is 56.7 cm³/mol. The summed E-state index contributed by atoms with van der Waals surface area (Å²) in [5.41, 5.74) is 0.230. The molecule has 92 valence electrons. The topological polar surface area (TPSA) is 97.7 Å². The largest absolute Gasteiger partial charge is 0.480 e. The van der Waals surface area contributed by atoms with Crippen molar-refractivity contribution in [2.75, 3.05) is 18.1 Å². The molecule has 0 atom stereocenters. The van der Waals surface area contributed by atoms with E-state index in [1.165, 1.54) is 6.92 Å². The Labute approximate surface area is 93.8 Å². The Balaban J connectivity index is 3.87. The van der Waals surface area contributed by atoms with Gasteiger partial charge in [0.2, 0.25) is 0 Å². The number of sulfone groups is 1. The quantitative estimate of drug-likeness (QED) is 0.388. The van der Waals surface area contributed by atoms with Gasteiger partial charge in [-0.1, -0.05) is 6.58 Å². The lowest BCUT2D eigenvalue weighted by Crippen LogP contribution is -2.19. The number of carbonyl (C=O) groups is 2. The first kappa shape index (κ1) is 14.6.